The van der Waals surface area contributed by atoms with Gasteiger partial charge < -0.3 is 14.5 Å². The van der Waals surface area contributed by atoms with Crippen molar-refractivity contribution in [3.8, 4) is 5.75 Å². The quantitative estimate of drug-likeness (QED) is 0.525. The number of H-pyrrole nitrogens is 1. The number of ether oxygens (including phenoxy) is 2. The maximum absolute atomic E-state index is 12.9. The number of aryl methyl sites for hydroxylation is 2. The molecule has 0 saturated heterocycles. The zero-order chi connectivity index (χ0) is 21.0. The molecule has 2 atom stereocenters. The third-order valence-electron chi connectivity index (χ3n) is 5.14. The number of nitrogens with zero attached hydrogens (tertiary/aromatic N) is 2. The summed E-state index contributed by atoms with van der Waals surface area (Å²) in [6.07, 6.45) is 2.90. The largest absolute Gasteiger partial charge is 0.491 e. The van der Waals surface area contributed by atoms with Crippen molar-refractivity contribution in [1.29, 1.82) is 0 Å². The Morgan fingerprint density at radius 2 is 1.93 bits per heavy atom. The Kier molecular flexibility index (Phi) is 7.03. The number of hydrogen-bond acceptors (Lipinski definition) is 5. The fourth-order valence-corrected chi connectivity index (χ4v) is 4.03. The monoisotopic (exact) mass is 415 g/mol. The molecule has 156 valence electrons. The van der Waals surface area contributed by atoms with Gasteiger partial charge in [0.05, 0.1) is 46.0 Å². The minimum absolute atomic E-state index is 0.228. The van der Waals surface area contributed by atoms with E-state index in [1.54, 1.807) is 6.20 Å². The van der Waals surface area contributed by atoms with Crippen molar-refractivity contribution in [2.75, 3.05) is 13.2 Å². The van der Waals surface area contributed by atoms with Crippen LogP contribution in [0.4, 0.5) is 0 Å². The van der Waals surface area contributed by atoms with E-state index in [-0.39, 0.29) is 11.9 Å². The zero-order valence-corrected chi connectivity index (χ0v) is 18.6. The molecule has 0 aliphatic rings. The number of imidazole rings is 1. The fraction of sp³-hybridized carbons (Fsp3) is 0.455. The van der Waals surface area contributed by atoms with E-state index in [2.05, 4.69) is 28.8 Å². The standard InChI is InChI=1S/C22H29N3O3S/c1-6-16(4)27-9-10-28-21-7-8-23-20(17(21)5)13-29(26)22-24-18-11-14(2)15(3)12-19(18)25-22/h7-8,11-12,16H,6,9-10,13H2,1-5H3,(H,24,25). The third-order valence-corrected chi connectivity index (χ3v) is 6.30. The fourth-order valence-electron chi connectivity index (χ4n) is 2.93. The number of hydrogen-bond donors (Lipinski definition) is 1. The molecule has 3 aromatic rings. The van der Waals surface area contributed by atoms with Crippen LogP contribution in [0.2, 0.25) is 0 Å². The Morgan fingerprint density at radius 1 is 1.17 bits per heavy atom. The molecule has 1 aromatic carbocycles. The molecule has 0 radical (unpaired) electrons. The predicted octanol–water partition coefficient (Wildman–Crippen LogP) is 4.38. The molecule has 6 nitrogen and oxygen atoms in total. The van der Waals surface area contributed by atoms with Crippen LogP contribution in [0.15, 0.2) is 29.6 Å². The Morgan fingerprint density at radius 3 is 2.69 bits per heavy atom. The minimum atomic E-state index is -1.32. The summed E-state index contributed by atoms with van der Waals surface area (Å²) in [5, 5.41) is 0.472. The number of nitrogens with one attached hydrogen (secondary N) is 1. The Balaban J connectivity index is 1.69. The van der Waals surface area contributed by atoms with Crippen LogP contribution in [0.3, 0.4) is 0 Å². The number of aromatic nitrogens is 3. The summed E-state index contributed by atoms with van der Waals surface area (Å²) in [5.41, 5.74) is 5.72. The van der Waals surface area contributed by atoms with Crippen molar-refractivity contribution in [2.45, 2.75) is 58.1 Å². The van der Waals surface area contributed by atoms with Crippen molar-refractivity contribution >= 4 is 21.8 Å². The van der Waals surface area contributed by atoms with Crippen molar-refractivity contribution in [2.24, 2.45) is 0 Å². The molecular weight excluding hydrogens is 386 g/mol. The lowest BCUT2D eigenvalue weighted by Crippen LogP contribution is -2.14. The van der Waals surface area contributed by atoms with E-state index in [0.717, 1.165) is 34.5 Å². The summed E-state index contributed by atoms with van der Waals surface area (Å²) in [4.78, 5) is 12.1. The molecule has 0 aliphatic heterocycles. The molecule has 0 spiro atoms. The van der Waals surface area contributed by atoms with Crippen LogP contribution in [0.1, 0.15) is 42.7 Å². The van der Waals surface area contributed by atoms with Gasteiger partial charge in [0.2, 0.25) is 0 Å². The van der Waals surface area contributed by atoms with Crippen molar-refractivity contribution < 1.29 is 13.7 Å². The van der Waals surface area contributed by atoms with Crippen LogP contribution in [0, 0.1) is 20.8 Å². The van der Waals surface area contributed by atoms with E-state index >= 15 is 0 Å². The number of pyridine rings is 1. The number of aromatic amines is 1. The van der Waals surface area contributed by atoms with Crippen LogP contribution in [0.5, 0.6) is 5.75 Å². The molecule has 0 saturated carbocycles. The van der Waals surface area contributed by atoms with E-state index < -0.39 is 10.8 Å². The van der Waals surface area contributed by atoms with Gasteiger partial charge in [0.15, 0.2) is 5.16 Å². The van der Waals surface area contributed by atoms with Crippen LogP contribution >= 0.6 is 0 Å². The van der Waals surface area contributed by atoms with Gasteiger partial charge in [-0.15, -0.1) is 0 Å². The molecule has 29 heavy (non-hydrogen) atoms. The number of rotatable bonds is 9. The highest BCUT2D eigenvalue weighted by molar-refractivity contribution is 7.84. The molecule has 2 unspecified atom stereocenters. The minimum Gasteiger partial charge on any atom is -0.491 e. The molecule has 3 rings (SSSR count). The average Bonchev–Trinajstić information content (AvgIpc) is 3.10. The molecule has 2 aromatic heterocycles. The summed E-state index contributed by atoms with van der Waals surface area (Å²) in [6, 6.07) is 5.89. The SMILES string of the molecule is CCC(C)OCCOc1ccnc(CS(=O)c2nc3cc(C)c(C)cc3[nH]2)c1C. The Hall–Kier alpha value is -2.25. The second kappa shape index (κ2) is 9.50. The number of fused-ring (bicyclic) bond motifs is 1. The van der Waals surface area contributed by atoms with E-state index in [0.29, 0.717) is 18.4 Å². The van der Waals surface area contributed by atoms with Gasteiger partial charge in [-0.3, -0.25) is 9.19 Å². The van der Waals surface area contributed by atoms with E-state index in [1.165, 1.54) is 11.1 Å². The lowest BCUT2D eigenvalue weighted by Gasteiger charge is -2.14. The molecule has 0 bridgehead atoms. The summed E-state index contributed by atoms with van der Waals surface area (Å²) in [6.45, 7) is 11.2. The van der Waals surface area contributed by atoms with Gasteiger partial charge in [0, 0.05) is 11.8 Å². The van der Waals surface area contributed by atoms with Gasteiger partial charge in [0.1, 0.15) is 12.4 Å². The topological polar surface area (TPSA) is 77.1 Å². The lowest BCUT2D eigenvalue weighted by atomic mass is 10.1. The number of benzene rings is 1. The van der Waals surface area contributed by atoms with Crippen molar-refractivity contribution in [3.63, 3.8) is 0 Å². The van der Waals surface area contributed by atoms with Gasteiger partial charge >= 0.3 is 0 Å². The maximum atomic E-state index is 12.9. The smallest absolute Gasteiger partial charge is 0.197 e. The Labute approximate surface area is 174 Å². The summed E-state index contributed by atoms with van der Waals surface area (Å²) in [5.74, 6) is 1.03. The van der Waals surface area contributed by atoms with Crippen LogP contribution in [-0.4, -0.2) is 38.5 Å². The second-order valence-corrected chi connectivity index (χ2v) is 8.67. The van der Waals surface area contributed by atoms with Crippen molar-refractivity contribution in [3.05, 3.63) is 46.8 Å². The summed E-state index contributed by atoms with van der Waals surface area (Å²) < 4.78 is 24.4. The molecule has 1 N–H and O–H groups in total. The van der Waals surface area contributed by atoms with Crippen LogP contribution < -0.4 is 4.74 Å². The first-order chi connectivity index (χ1) is 13.9. The molecule has 0 fully saturated rings. The molecule has 2 heterocycles. The molecule has 7 heteroatoms. The van der Waals surface area contributed by atoms with Gasteiger partial charge in [-0.2, -0.15) is 0 Å². The van der Waals surface area contributed by atoms with E-state index in [9.17, 15) is 4.21 Å². The zero-order valence-electron chi connectivity index (χ0n) is 17.7. The molecule has 0 aliphatic carbocycles. The second-order valence-electron chi connectivity index (χ2n) is 7.30. The normalized spacial score (nSPS) is 13.6. The van der Waals surface area contributed by atoms with Crippen molar-refractivity contribution in [1.82, 2.24) is 15.0 Å². The third kappa shape index (κ3) is 5.22. The first-order valence-corrected chi connectivity index (χ1v) is 11.2. The highest BCUT2D eigenvalue weighted by Gasteiger charge is 2.15. The molecule has 0 amide bonds. The summed E-state index contributed by atoms with van der Waals surface area (Å²) in [7, 11) is -1.32. The van der Waals surface area contributed by atoms with Crippen LogP contribution in [-0.2, 0) is 21.3 Å². The Bertz CT molecular complexity index is 977. The first-order valence-electron chi connectivity index (χ1n) is 9.93. The van der Waals surface area contributed by atoms with Gasteiger partial charge in [-0.05, 0) is 63.4 Å². The highest BCUT2D eigenvalue weighted by atomic mass is 32.2. The van der Waals surface area contributed by atoms with Gasteiger partial charge in [-0.25, -0.2) is 4.98 Å². The predicted molar refractivity (Wildman–Crippen MR) is 116 cm³/mol. The maximum Gasteiger partial charge on any atom is 0.197 e. The highest BCUT2D eigenvalue weighted by Crippen LogP contribution is 2.23. The van der Waals surface area contributed by atoms with Gasteiger partial charge in [0.25, 0.3) is 0 Å². The molecular formula is C22H29N3O3S. The first kappa shape index (κ1) is 21.5. The van der Waals surface area contributed by atoms with Gasteiger partial charge in [-0.1, -0.05) is 6.92 Å². The van der Waals surface area contributed by atoms with E-state index in [1.807, 2.05) is 39.0 Å². The summed E-state index contributed by atoms with van der Waals surface area (Å²) >= 11 is 0. The lowest BCUT2D eigenvalue weighted by molar-refractivity contribution is 0.0425. The average molecular weight is 416 g/mol. The van der Waals surface area contributed by atoms with E-state index in [4.69, 9.17) is 9.47 Å². The van der Waals surface area contributed by atoms with Crippen LogP contribution in [0.25, 0.3) is 11.0 Å².